The Hall–Kier alpha value is -2.10. The van der Waals surface area contributed by atoms with Crippen LogP contribution in [0.5, 0.6) is 0 Å². The fourth-order valence-corrected chi connectivity index (χ4v) is 3.79. The first-order valence-corrected chi connectivity index (χ1v) is 8.85. The summed E-state index contributed by atoms with van der Waals surface area (Å²) in [5, 5.41) is 2.00. The fraction of sp³-hybridized carbons (Fsp3) is 0.238. The second-order valence-corrected chi connectivity index (χ2v) is 7.20. The van der Waals surface area contributed by atoms with Crippen LogP contribution in [0.2, 0.25) is 5.02 Å². The number of likely N-dealkylation sites (N-methyl/N-ethyl adjacent to an activating group) is 1. The van der Waals surface area contributed by atoms with Crippen molar-refractivity contribution in [3.05, 3.63) is 70.1 Å². The van der Waals surface area contributed by atoms with Crippen molar-refractivity contribution in [1.82, 2.24) is 9.47 Å². The third-order valence-electron chi connectivity index (χ3n) is 4.96. The maximum atomic E-state index is 13.2. The summed E-state index contributed by atoms with van der Waals surface area (Å²) >= 11 is 6.27. The van der Waals surface area contributed by atoms with Gasteiger partial charge in [0.1, 0.15) is 5.82 Å². The van der Waals surface area contributed by atoms with E-state index >= 15 is 0 Å². The second kappa shape index (κ2) is 6.32. The summed E-state index contributed by atoms with van der Waals surface area (Å²) in [5.41, 5.74) is 5.97. The van der Waals surface area contributed by atoms with Crippen LogP contribution in [0.15, 0.2) is 42.5 Å². The highest BCUT2D eigenvalue weighted by Crippen LogP contribution is 2.33. The summed E-state index contributed by atoms with van der Waals surface area (Å²) < 4.78 is 15.5. The number of rotatable bonds is 2. The molecule has 0 saturated heterocycles. The fourth-order valence-electron chi connectivity index (χ4n) is 3.63. The molecule has 0 aliphatic carbocycles. The molecule has 2 nitrogen and oxygen atoms in total. The molecular formula is C21H20ClFN2. The summed E-state index contributed by atoms with van der Waals surface area (Å²) in [6.07, 6.45) is 3.15. The average Bonchev–Trinajstić information content (AvgIpc) is 2.88. The number of halogens is 2. The molecule has 0 bridgehead atoms. The highest BCUT2D eigenvalue weighted by molar-refractivity contribution is 6.31. The maximum Gasteiger partial charge on any atom is 0.123 e. The summed E-state index contributed by atoms with van der Waals surface area (Å²) in [4.78, 5) is 2.34. The van der Waals surface area contributed by atoms with Gasteiger partial charge in [0, 0.05) is 41.8 Å². The van der Waals surface area contributed by atoms with Gasteiger partial charge in [-0.2, -0.15) is 0 Å². The number of hydrogen-bond acceptors (Lipinski definition) is 1. The Morgan fingerprint density at radius 2 is 1.92 bits per heavy atom. The Bertz CT molecular complexity index is 970. The van der Waals surface area contributed by atoms with Crippen LogP contribution in [0, 0.1) is 5.82 Å². The van der Waals surface area contributed by atoms with E-state index in [4.69, 9.17) is 11.6 Å². The lowest BCUT2D eigenvalue weighted by Crippen LogP contribution is -2.26. The van der Waals surface area contributed by atoms with E-state index in [1.54, 1.807) is 0 Å². The Morgan fingerprint density at radius 3 is 2.68 bits per heavy atom. The van der Waals surface area contributed by atoms with Crippen LogP contribution >= 0.6 is 11.6 Å². The minimum absolute atomic E-state index is 0.213. The lowest BCUT2D eigenvalue weighted by Gasteiger charge is -2.23. The van der Waals surface area contributed by atoms with Gasteiger partial charge < -0.3 is 9.47 Å². The number of aromatic nitrogens is 1. The highest BCUT2D eigenvalue weighted by atomic mass is 35.5. The first kappa shape index (κ1) is 16.4. The van der Waals surface area contributed by atoms with Crippen molar-refractivity contribution in [3.63, 3.8) is 0 Å². The monoisotopic (exact) mass is 354 g/mol. The van der Waals surface area contributed by atoms with Gasteiger partial charge >= 0.3 is 0 Å². The molecule has 0 radical (unpaired) electrons. The quantitative estimate of drug-likeness (QED) is 0.595. The third-order valence-corrected chi connectivity index (χ3v) is 5.20. The molecule has 0 amide bonds. The number of nitrogens with zero attached hydrogens (tertiary/aromatic N) is 2. The normalized spacial score (nSPS) is 15.6. The van der Waals surface area contributed by atoms with Crippen LogP contribution in [0.4, 0.5) is 4.39 Å². The third kappa shape index (κ3) is 2.99. The molecular weight excluding hydrogens is 335 g/mol. The van der Waals surface area contributed by atoms with Crippen molar-refractivity contribution in [2.24, 2.45) is 0 Å². The average molecular weight is 355 g/mol. The van der Waals surface area contributed by atoms with Gasteiger partial charge in [-0.05, 0) is 54.9 Å². The first-order chi connectivity index (χ1) is 12.0. The minimum atomic E-state index is -0.213. The van der Waals surface area contributed by atoms with E-state index < -0.39 is 0 Å². The number of benzene rings is 2. The molecule has 128 valence electrons. The van der Waals surface area contributed by atoms with Crippen molar-refractivity contribution < 1.29 is 4.39 Å². The van der Waals surface area contributed by atoms with Crippen LogP contribution in [-0.2, 0) is 13.0 Å². The van der Waals surface area contributed by atoms with Crippen molar-refractivity contribution in [3.8, 4) is 0 Å². The summed E-state index contributed by atoms with van der Waals surface area (Å²) in [7, 11) is 2.15. The highest BCUT2D eigenvalue weighted by Gasteiger charge is 2.21. The van der Waals surface area contributed by atoms with Gasteiger partial charge in [0.2, 0.25) is 0 Å². The van der Waals surface area contributed by atoms with E-state index in [2.05, 4.69) is 35.7 Å². The number of fused-ring (bicyclic) bond motifs is 3. The van der Waals surface area contributed by atoms with Crippen LogP contribution in [-0.4, -0.2) is 23.1 Å². The van der Waals surface area contributed by atoms with Gasteiger partial charge in [0.05, 0.1) is 5.52 Å². The van der Waals surface area contributed by atoms with Crippen LogP contribution in [0.25, 0.3) is 22.7 Å². The first-order valence-electron chi connectivity index (χ1n) is 8.47. The summed E-state index contributed by atoms with van der Waals surface area (Å²) in [5.74, 6) is -0.213. The maximum absolute atomic E-state index is 13.2. The molecule has 0 spiro atoms. The Balaban J connectivity index is 1.90. The molecule has 4 rings (SSSR count). The van der Waals surface area contributed by atoms with Crippen LogP contribution in [0.3, 0.4) is 0 Å². The smallest absolute Gasteiger partial charge is 0.123 e. The van der Waals surface area contributed by atoms with Crippen molar-refractivity contribution in [1.29, 1.82) is 0 Å². The molecule has 1 aliphatic heterocycles. The van der Waals surface area contributed by atoms with E-state index in [1.807, 2.05) is 24.3 Å². The zero-order valence-electron chi connectivity index (χ0n) is 14.4. The molecule has 2 heterocycles. The molecule has 0 unspecified atom stereocenters. The molecule has 0 N–H and O–H groups in total. The van der Waals surface area contributed by atoms with E-state index in [-0.39, 0.29) is 5.82 Å². The van der Waals surface area contributed by atoms with E-state index in [0.717, 1.165) is 41.2 Å². The Morgan fingerprint density at radius 1 is 1.16 bits per heavy atom. The van der Waals surface area contributed by atoms with Gasteiger partial charge in [-0.15, -0.1) is 0 Å². The lowest BCUT2D eigenvalue weighted by molar-refractivity contribution is 0.312. The Kier molecular flexibility index (Phi) is 4.14. The van der Waals surface area contributed by atoms with Gasteiger partial charge in [-0.3, -0.25) is 0 Å². The zero-order chi connectivity index (χ0) is 17.6. The predicted molar refractivity (Wildman–Crippen MR) is 103 cm³/mol. The molecule has 2 aromatic carbocycles. The van der Waals surface area contributed by atoms with Crippen LogP contribution in [0.1, 0.15) is 23.7 Å². The molecule has 1 aliphatic rings. The van der Waals surface area contributed by atoms with Crippen molar-refractivity contribution in [2.75, 3.05) is 13.6 Å². The molecule has 0 saturated carbocycles. The molecule has 0 atom stereocenters. The molecule has 1 aromatic heterocycles. The van der Waals surface area contributed by atoms with E-state index in [0.29, 0.717) is 0 Å². The lowest BCUT2D eigenvalue weighted by atomic mass is 10.1. The number of allylic oxidation sites excluding steroid dienone is 1. The largest absolute Gasteiger partial charge is 0.320 e. The van der Waals surface area contributed by atoms with Crippen LogP contribution < -0.4 is 0 Å². The van der Waals surface area contributed by atoms with E-state index in [1.165, 1.54) is 28.8 Å². The van der Waals surface area contributed by atoms with Gasteiger partial charge in [0.15, 0.2) is 0 Å². The standard InChI is InChI=1S/C21H20ClFN2/c1-14(15-3-6-17(23)7-4-15)12-25-20-9-10-24(2)13-19(20)18-8-5-16(22)11-21(18)25/h3-8,11-12H,9-10,13H2,1-2H3/b14-12+. The molecule has 4 heteroatoms. The number of hydrogen-bond donors (Lipinski definition) is 0. The van der Waals surface area contributed by atoms with Crippen molar-refractivity contribution in [2.45, 2.75) is 19.9 Å². The van der Waals surface area contributed by atoms with Gasteiger partial charge in [0.25, 0.3) is 0 Å². The summed E-state index contributed by atoms with van der Waals surface area (Å²) in [6, 6.07) is 12.8. The Labute approximate surface area is 152 Å². The minimum Gasteiger partial charge on any atom is -0.320 e. The van der Waals surface area contributed by atoms with Gasteiger partial charge in [-0.25, -0.2) is 4.39 Å². The van der Waals surface area contributed by atoms with E-state index in [9.17, 15) is 4.39 Å². The molecule has 0 fully saturated rings. The molecule has 3 aromatic rings. The predicted octanol–water partition coefficient (Wildman–Crippen LogP) is 5.44. The SMILES string of the molecule is C/C(=C\n1c2c(c3ccc(Cl)cc31)CN(C)CC2)c1ccc(F)cc1. The zero-order valence-corrected chi connectivity index (χ0v) is 15.1. The summed E-state index contributed by atoms with van der Waals surface area (Å²) in [6.45, 7) is 4.05. The van der Waals surface area contributed by atoms with Gasteiger partial charge in [-0.1, -0.05) is 29.8 Å². The topological polar surface area (TPSA) is 8.17 Å². The second-order valence-electron chi connectivity index (χ2n) is 6.76. The molecule has 25 heavy (non-hydrogen) atoms. The van der Waals surface area contributed by atoms with Crippen molar-refractivity contribution >= 4 is 34.3 Å².